The Balaban J connectivity index is 2.26. The zero-order valence-corrected chi connectivity index (χ0v) is 13.8. The van der Waals surface area contributed by atoms with E-state index in [4.69, 9.17) is 5.41 Å². The molecule has 1 amide bonds. The molecule has 2 aliphatic rings. The highest BCUT2D eigenvalue weighted by molar-refractivity contribution is 8.03. The monoisotopic (exact) mass is 327 g/mol. The topological polar surface area (TPSA) is 105 Å². The number of carboxylic acid groups (broad SMARTS) is 1. The number of nitrogens with zero attached hydrogens (tertiary/aromatic N) is 2. The number of nitrogens with one attached hydrogen (secondary N) is 1. The summed E-state index contributed by atoms with van der Waals surface area (Å²) in [7, 11) is 3.52. The molecule has 2 rings (SSSR count). The highest BCUT2D eigenvalue weighted by Gasteiger charge is 2.59. The summed E-state index contributed by atoms with van der Waals surface area (Å²) in [5.74, 6) is -1.44. The minimum atomic E-state index is -1.13. The summed E-state index contributed by atoms with van der Waals surface area (Å²) < 4.78 is 0. The number of thioether (sulfide) groups is 1. The quantitative estimate of drug-likeness (QED) is 0.384. The fraction of sp³-hybridized carbons (Fsp3) is 0.643. The minimum absolute atomic E-state index is 0.0101. The Bertz CT molecular complexity index is 558. The van der Waals surface area contributed by atoms with Gasteiger partial charge in [-0.05, 0) is 6.92 Å². The lowest BCUT2D eigenvalue weighted by molar-refractivity contribution is -0.163. The van der Waals surface area contributed by atoms with Crippen LogP contribution in [0.5, 0.6) is 0 Å². The van der Waals surface area contributed by atoms with Gasteiger partial charge < -0.3 is 20.0 Å². The van der Waals surface area contributed by atoms with Crippen molar-refractivity contribution in [2.24, 2.45) is 11.8 Å². The summed E-state index contributed by atoms with van der Waals surface area (Å²) in [6.07, 6.45) is -0.796. The van der Waals surface area contributed by atoms with E-state index in [2.05, 4.69) is 0 Å². The number of hydrogen-bond acceptors (Lipinski definition) is 5. The van der Waals surface area contributed by atoms with Crippen molar-refractivity contribution in [1.29, 1.82) is 5.41 Å². The Morgan fingerprint density at radius 3 is 2.55 bits per heavy atom. The summed E-state index contributed by atoms with van der Waals surface area (Å²) in [4.78, 5) is 27.3. The third-order valence-corrected chi connectivity index (χ3v) is 5.51. The van der Waals surface area contributed by atoms with Gasteiger partial charge in [-0.2, -0.15) is 0 Å². The van der Waals surface area contributed by atoms with Crippen LogP contribution in [0.2, 0.25) is 0 Å². The van der Waals surface area contributed by atoms with Crippen LogP contribution in [0, 0.1) is 17.2 Å². The average Bonchev–Trinajstić information content (AvgIpc) is 2.65. The lowest BCUT2D eigenvalue weighted by atomic mass is 9.79. The van der Waals surface area contributed by atoms with Gasteiger partial charge in [0.05, 0.1) is 23.8 Å². The van der Waals surface area contributed by atoms with Gasteiger partial charge in [0.1, 0.15) is 11.5 Å². The summed E-state index contributed by atoms with van der Waals surface area (Å²) >= 11 is 1.29. The molecular weight excluding hydrogens is 306 g/mol. The van der Waals surface area contributed by atoms with Crippen molar-refractivity contribution in [3.8, 4) is 0 Å². The normalized spacial score (nSPS) is 28.3. The summed E-state index contributed by atoms with van der Waals surface area (Å²) in [5, 5.41) is 27.0. The van der Waals surface area contributed by atoms with E-state index in [1.54, 1.807) is 25.9 Å². The van der Waals surface area contributed by atoms with Crippen LogP contribution in [-0.4, -0.2) is 69.7 Å². The van der Waals surface area contributed by atoms with Gasteiger partial charge in [-0.25, -0.2) is 4.79 Å². The van der Waals surface area contributed by atoms with Crippen molar-refractivity contribution >= 4 is 29.5 Å². The Hall–Kier alpha value is -1.54. The molecule has 122 valence electrons. The second-order valence-electron chi connectivity index (χ2n) is 5.90. The van der Waals surface area contributed by atoms with Crippen LogP contribution in [0.25, 0.3) is 0 Å². The summed E-state index contributed by atoms with van der Waals surface area (Å²) in [6.45, 7) is 3.43. The number of carbonyl (C=O) groups is 2. The Kier molecular flexibility index (Phi) is 4.53. The van der Waals surface area contributed by atoms with Gasteiger partial charge in [0, 0.05) is 24.9 Å². The molecule has 0 bridgehead atoms. The average molecular weight is 327 g/mol. The maximum atomic E-state index is 12.1. The number of rotatable bonds is 5. The lowest BCUT2D eigenvalue weighted by Gasteiger charge is -2.46. The van der Waals surface area contributed by atoms with Gasteiger partial charge in [0.25, 0.3) is 0 Å². The number of fused-ring (bicyclic) bond motifs is 1. The van der Waals surface area contributed by atoms with Crippen LogP contribution >= 0.6 is 11.8 Å². The number of β-lactam (4-membered cyclic amide) rings is 1. The second kappa shape index (κ2) is 5.92. The lowest BCUT2D eigenvalue weighted by Crippen LogP contribution is -2.63. The van der Waals surface area contributed by atoms with Crippen LogP contribution in [-0.2, 0) is 9.59 Å². The maximum absolute atomic E-state index is 12.1. The molecule has 3 N–H and O–H groups in total. The van der Waals surface area contributed by atoms with Crippen LogP contribution in [0.15, 0.2) is 10.6 Å². The number of aliphatic hydroxyl groups excluding tert-OH is 1. The van der Waals surface area contributed by atoms with Gasteiger partial charge in [0.15, 0.2) is 0 Å². The van der Waals surface area contributed by atoms with Crippen molar-refractivity contribution in [2.75, 3.05) is 19.8 Å². The number of amides is 1. The first-order valence-corrected chi connectivity index (χ1v) is 8.03. The largest absolute Gasteiger partial charge is 0.477 e. The van der Waals surface area contributed by atoms with E-state index in [1.165, 1.54) is 16.7 Å². The molecular formula is C14H21N3O4S. The van der Waals surface area contributed by atoms with Gasteiger partial charge >= 0.3 is 5.97 Å². The van der Waals surface area contributed by atoms with E-state index in [9.17, 15) is 19.8 Å². The van der Waals surface area contributed by atoms with E-state index < -0.39 is 18.0 Å². The molecule has 0 aromatic carbocycles. The zero-order valence-electron chi connectivity index (χ0n) is 13.0. The smallest absolute Gasteiger partial charge is 0.353 e. The van der Waals surface area contributed by atoms with Crippen LogP contribution in [0.4, 0.5) is 0 Å². The second-order valence-corrected chi connectivity index (χ2v) is 6.92. The Morgan fingerprint density at radius 1 is 1.50 bits per heavy atom. The van der Waals surface area contributed by atoms with Crippen molar-refractivity contribution in [3.63, 3.8) is 0 Å². The molecule has 0 aromatic heterocycles. The number of hydrogen-bond donors (Lipinski definition) is 3. The van der Waals surface area contributed by atoms with E-state index in [0.717, 1.165) is 0 Å². The predicted molar refractivity (Wildman–Crippen MR) is 83.5 cm³/mol. The van der Waals surface area contributed by atoms with E-state index in [0.29, 0.717) is 16.5 Å². The van der Waals surface area contributed by atoms with Crippen molar-refractivity contribution in [3.05, 3.63) is 10.6 Å². The molecule has 7 nitrogen and oxygen atoms in total. The molecule has 0 radical (unpaired) electrons. The molecule has 0 aliphatic carbocycles. The summed E-state index contributed by atoms with van der Waals surface area (Å²) in [5.41, 5.74) is 0.0101. The fourth-order valence-electron chi connectivity index (χ4n) is 2.99. The molecule has 22 heavy (non-hydrogen) atoms. The molecule has 0 aromatic rings. The number of amidine groups is 1. The Morgan fingerprint density at radius 2 is 2.09 bits per heavy atom. The molecule has 2 heterocycles. The third-order valence-electron chi connectivity index (χ3n) is 4.22. The van der Waals surface area contributed by atoms with Crippen molar-refractivity contribution in [1.82, 2.24) is 9.80 Å². The number of carboxylic acids is 1. The zero-order chi connectivity index (χ0) is 16.8. The molecule has 4 unspecified atom stereocenters. The van der Waals surface area contributed by atoms with Gasteiger partial charge in [-0.3, -0.25) is 10.2 Å². The SMILES string of the molecule is CC(O)C1C(=O)N2C(C(=O)O)=C(SCC(=N)N(C)C)C(C)C12. The van der Waals surface area contributed by atoms with Crippen molar-refractivity contribution < 1.29 is 19.8 Å². The van der Waals surface area contributed by atoms with E-state index >= 15 is 0 Å². The molecule has 0 saturated carbocycles. The van der Waals surface area contributed by atoms with Gasteiger partial charge in [-0.1, -0.05) is 6.92 Å². The summed E-state index contributed by atoms with van der Waals surface area (Å²) in [6, 6.07) is -0.297. The molecule has 1 fully saturated rings. The first-order chi connectivity index (χ1) is 10.2. The van der Waals surface area contributed by atoms with Crippen LogP contribution < -0.4 is 0 Å². The molecule has 2 aliphatic heterocycles. The van der Waals surface area contributed by atoms with Crippen molar-refractivity contribution in [2.45, 2.75) is 26.0 Å². The highest BCUT2D eigenvalue weighted by Crippen LogP contribution is 2.50. The molecule has 0 spiro atoms. The van der Waals surface area contributed by atoms with Gasteiger partial charge in [0.2, 0.25) is 5.91 Å². The highest BCUT2D eigenvalue weighted by atomic mass is 32.2. The first-order valence-electron chi connectivity index (χ1n) is 7.04. The van der Waals surface area contributed by atoms with Gasteiger partial charge in [-0.15, -0.1) is 11.8 Å². The molecule has 8 heteroatoms. The molecule has 4 atom stereocenters. The minimum Gasteiger partial charge on any atom is -0.477 e. The fourth-order valence-corrected chi connectivity index (χ4v) is 4.27. The number of aliphatic carboxylic acids is 1. The predicted octanol–water partition coefficient (Wildman–Crippen LogP) is 0.412. The first kappa shape index (κ1) is 16.8. The third kappa shape index (κ3) is 2.50. The van der Waals surface area contributed by atoms with E-state index in [1.807, 2.05) is 6.92 Å². The van der Waals surface area contributed by atoms with Crippen LogP contribution in [0.1, 0.15) is 13.8 Å². The standard InChI is InChI=1S/C14H21N3O4S/c1-6-10-9(7(2)18)13(19)17(10)11(14(20)21)12(6)22-5-8(15)16(3)4/h6-7,9-10,15,18H,5H2,1-4H3,(H,20,21). The number of aliphatic hydroxyl groups is 1. The van der Waals surface area contributed by atoms with Crippen LogP contribution in [0.3, 0.4) is 0 Å². The maximum Gasteiger partial charge on any atom is 0.353 e. The Labute approximate surface area is 133 Å². The number of carbonyl (C=O) groups excluding carboxylic acids is 1. The molecule has 1 saturated heterocycles. The van der Waals surface area contributed by atoms with E-state index in [-0.39, 0.29) is 23.6 Å².